The number of carbonyl (C=O) groups is 1. The molecule has 1 saturated carbocycles. The fraction of sp³-hybridized carbons (Fsp3) is 0.889. The molecular weight excluding hydrogens is 252 g/mol. The van der Waals surface area contributed by atoms with Gasteiger partial charge in [-0.1, -0.05) is 19.3 Å². The lowest BCUT2D eigenvalue weighted by Crippen LogP contribution is -2.35. The molecule has 5 nitrogen and oxygen atoms in total. The van der Waals surface area contributed by atoms with Crippen molar-refractivity contribution < 1.29 is 23.1 Å². The Bertz CT molecular complexity index is 343. The number of carboxylic acid groups (broad SMARTS) is 1. The van der Waals surface area contributed by atoms with Crippen molar-refractivity contribution in [1.29, 1.82) is 0 Å². The predicted molar refractivity (Wildman–Crippen MR) is 62.2 cm³/mol. The summed E-state index contributed by atoms with van der Waals surface area (Å²) in [5.74, 6) is 0. The first-order chi connectivity index (χ1) is 7.33. The second-order valence-corrected chi connectivity index (χ2v) is 8.84. The van der Waals surface area contributed by atoms with Crippen LogP contribution >= 0.6 is 10.8 Å². The third-order valence-corrected chi connectivity index (χ3v) is 5.70. The Kier molecular flexibility index (Phi) is 4.49. The fourth-order valence-corrected chi connectivity index (χ4v) is 5.74. The van der Waals surface area contributed by atoms with Crippen LogP contribution < -0.4 is 0 Å². The van der Waals surface area contributed by atoms with E-state index in [2.05, 4.69) is 4.74 Å². The predicted octanol–water partition coefficient (Wildman–Crippen LogP) is 2.08. The molecule has 0 unspecified atom stereocenters. The molecule has 0 aromatic heterocycles. The quantitative estimate of drug-likeness (QED) is 0.621. The molecule has 1 fully saturated rings. The maximum absolute atomic E-state index is 11.3. The molecule has 0 aliphatic heterocycles. The third kappa shape index (κ3) is 4.61. The van der Waals surface area contributed by atoms with Gasteiger partial charge in [-0.05, 0) is 23.6 Å². The molecule has 0 aromatic carbocycles. The van der Waals surface area contributed by atoms with Gasteiger partial charge < -0.3 is 9.84 Å². The lowest BCUT2D eigenvalue weighted by atomic mass is 9.89. The highest BCUT2D eigenvalue weighted by Gasteiger charge is 2.37. The van der Waals surface area contributed by atoms with Crippen molar-refractivity contribution in [2.45, 2.75) is 36.9 Å². The summed E-state index contributed by atoms with van der Waals surface area (Å²) in [6.45, 7) is -0.0416. The number of ether oxygens (including phenoxy) is 1. The Balaban J connectivity index is 2.71. The zero-order chi connectivity index (χ0) is 12.2. The molecule has 0 bridgehead atoms. The van der Waals surface area contributed by atoms with Gasteiger partial charge in [0.05, 0.1) is 4.75 Å². The van der Waals surface area contributed by atoms with Gasteiger partial charge in [0.2, 0.25) is 0 Å². The van der Waals surface area contributed by atoms with Crippen molar-refractivity contribution in [1.82, 2.24) is 0 Å². The van der Waals surface area contributed by atoms with Crippen LogP contribution in [0.3, 0.4) is 0 Å². The van der Waals surface area contributed by atoms with Gasteiger partial charge in [-0.15, -0.1) is 0 Å². The summed E-state index contributed by atoms with van der Waals surface area (Å²) in [6, 6.07) is 0. The highest BCUT2D eigenvalue weighted by Crippen LogP contribution is 2.42. The van der Waals surface area contributed by atoms with Gasteiger partial charge in [0.1, 0.15) is 6.61 Å². The Morgan fingerprint density at radius 1 is 1.38 bits per heavy atom. The van der Waals surface area contributed by atoms with Crippen LogP contribution in [0.5, 0.6) is 0 Å². The summed E-state index contributed by atoms with van der Waals surface area (Å²) in [5.41, 5.74) is 0. The molecule has 0 heterocycles. The van der Waals surface area contributed by atoms with Crippen molar-refractivity contribution in [2.75, 3.05) is 12.9 Å². The summed E-state index contributed by atoms with van der Waals surface area (Å²) in [5, 5.41) is 8.48. The second kappa shape index (κ2) is 5.27. The van der Waals surface area contributed by atoms with Gasteiger partial charge in [0.25, 0.3) is 0 Å². The lowest BCUT2D eigenvalue weighted by Gasteiger charge is -2.34. The largest absolute Gasteiger partial charge is 0.505 e. The fourth-order valence-electron chi connectivity index (χ4n) is 1.96. The minimum atomic E-state index is -3.19. The van der Waals surface area contributed by atoms with Crippen LogP contribution in [0.2, 0.25) is 0 Å². The standard InChI is InChI=1S/C9H16O5S2/c1-16(12,13)15-9(7-14-8(10)11)5-3-2-4-6-9/h2-7H2,1H3,(H,10,11). The zero-order valence-electron chi connectivity index (χ0n) is 9.14. The Morgan fingerprint density at radius 3 is 2.38 bits per heavy atom. The summed E-state index contributed by atoms with van der Waals surface area (Å²) < 4.78 is 26.6. The Morgan fingerprint density at radius 2 is 1.94 bits per heavy atom. The van der Waals surface area contributed by atoms with Gasteiger partial charge >= 0.3 is 6.16 Å². The molecule has 1 rings (SSSR count). The first-order valence-electron chi connectivity index (χ1n) is 5.09. The molecule has 16 heavy (non-hydrogen) atoms. The van der Waals surface area contributed by atoms with Crippen molar-refractivity contribution in [3.8, 4) is 0 Å². The highest BCUT2D eigenvalue weighted by atomic mass is 33.1. The van der Waals surface area contributed by atoms with E-state index in [-0.39, 0.29) is 6.61 Å². The number of rotatable bonds is 4. The molecule has 7 heteroatoms. The molecule has 1 aliphatic rings. The molecule has 0 amide bonds. The van der Waals surface area contributed by atoms with Gasteiger partial charge in [-0.3, -0.25) is 0 Å². The van der Waals surface area contributed by atoms with Gasteiger partial charge in [-0.25, -0.2) is 13.2 Å². The van der Waals surface area contributed by atoms with E-state index in [0.717, 1.165) is 36.3 Å². The van der Waals surface area contributed by atoms with Crippen LogP contribution in [0.1, 0.15) is 32.1 Å². The molecule has 1 N–H and O–H groups in total. The summed E-state index contributed by atoms with van der Waals surface area (Å²) in [4.78, 5) is 10.4. The summed E-state index contributed by atoms with van der Waals surface area (Å²) in [7, 11) is -2.34. The molecular formula is C9H16O5S2. The van der Waals surface area contributed by atoms with E-state index >= 15 is 0 Å². The first kappa shape index (κ1) is 13.6. The van der Waals surface area contributed by atoms with E-state index in [9.17, 15) is 13.2 Å². The molecule has 0 aromatic rings. The Hall–Kier alpha value is -0.430. The monoisotopic (exact) mass is 268 g/mol. The summed E-state index contributed by atoms with van der Waals surface area (Å²) >= 11 is 0. The minimum Gasteiger partial charge on any atom is -0.450 e. The SMILES string of the molecule is CS(=O)(=O)SC1(COC(=O)O)CCCCC1. The van der Waals surface area contributed by atoms with Crippen molar-refractivity contribution >= 4 is 25.8 Å². The Labute approximate surface area is 98.9 Å². The van der Waals surface area contributed by atoms with Gasteiger partial charge in [0, 0.05) is 6.26 Å². The van der Waals surface area contributed by atoms with Crippen LogP contribution in [-0.4, -0.2) is 37.3 Å². The van der Waals surface area contributed by atoms with Crippen molar-refractivity contribution in [2.24, 2.45) is 0 Å². The maximum Gasteiger partial charge on any atom is 0.505 e. The van der Waals surface area contributed by atoms with Crippen LogP contribution in [0.25, 0.3) is 0 Å². The van der Waals surface area contributed by atoms with Crippen LogP contribution in [-0.2, 0) is 13.6 Å². The highest BCUT2D eigenvalue weighted by molar-refractivity contribution is 8.72. The minimum absolute atomic E-state index is 0.0416. The third-order valence-electron chi connectivity index (χ3n) is 2.55. The van der Waals surface area contributed by atoms with E-state index in [1.165, 1.54) is 0 Å². The second-order valence-electron chi connectivity index (χ2n) is 4.09. The molecule has 0 spiro atoms. The van der Waals surface area contributed by atoms with Crippen molar-refractivity contribution in [3.63, 3.8) is 0 Å². The zero-order valence-corrected chi connectivity index (χ0v) is 10.8. The van der Waals surface area contributed by atoms with E-state index in [0.29, 0.717) is 12.8 Å². The van der Waals surface area contributed by atoms with E-state index in [4.69, 9.17) is 5.11 Å². The molecule has 94 valence electrons. The maximum atomic E-state index is 11.3. The molecule has 0 saturated heterocycles. The van der Waals surface area contributed by atoms with E-state index in [1.54, 1.807) is 0 Å². The van der Waals surface area contributed by atoms with Crippen LogP contribution in [0.4, 0.5) is 4.79 Å². The molecule has 0 radical (unpaired) electrons. The van der Waals surface area contributed by atoms with E-state index < -0.39 is 19.8 Å². The number of hydrogen-bond acceptors (Lipinski definition) is 5. The average Bonchev–Trinajstić information content (AvgIpc) is 2.14. The molecule has 0 atom stereocenters. The van der Waals surface area contributed by atoms with Gasteiger partial charge in [-0.2, -0.15) is 0 Å². The summed E-state index contributed by atoms with van der Waals surface area (Å²) in [6.07, 6.45) is 4.10. The van der Waals surface area contributed by atoms with Crippen LogP contribution in [0.15, 0.2) is 0 Å². The van der Waals surface area contributed by atoms with E-state index in [1.807, 2.05) is 0 Å². The lowest BCUT2D eigenvalue weighted by molar-refractivity contribution is 0.0772. The average molecular weight is 268 g/mol. The van der Waals surface area contributed by atoms with Crippen LogP contribution in [0, 0.1) is 0 Å². The normalized spacial score (nSPS) is 20.3. The molecule has 1 aliphatic carbocycles. The topological polar surface area (TPSA) is 80.7 Å². The smallest absolute Gasteiger partial charge is 0.450 e. The first-order valence-corrected chi connectivity index (χ1v) is 8.32. The van der Waals surface area contributed by atoms with Crippen molar-refractivity contribution in [3.05, 3.63) is 0 Å². The number of hydrogen-bond donors (Lipinski definition) is 1. The van der Waals surface area contributed by atoms with Gasteiger partial charge in [0.15, 0.2) is 8.87 Å².